The van der Waals surface area contributed by atoms with Crippen LogP contribution in [0.2, 0.25) is 0 Å². The molecule has 0 aromatic carbocycles. The minimum atomic E-state index is -3.07. The summed E-state index contributed by atoms with van der Waals surface area (Å²) >= 11 is 0. The third-order valence-corrected chi connectivity index (χ3v) is 1.40. The molecule has 0 fully saturated rings. The Morgan fingerprint density at radius 3 is 2.70 bits per heavy atom. The minimum absolute atomic E-state index is 0.247. The lowest BCUT2D eigenvalue weighted by Gasteiger charge is -1.92. The molecule has 10 heavy (non-hydrogen) atoms. The van der Waals surface area contributed by atoms with E-state index in [1.54, 1.807) is 0 Å². The molecule has 0 aliphatic carbocycles. The van der Waals surface area contributed by atoms with E-state index in [0.29, 0.717) is 0 Å². The predicted molar refractivity (Wildman–Crippen MR) is 31.5 cm³/mol. The Balaban J connectivity index is 2.75. The van der Waals surface area contributed by atoms with E-state index in [9.17, 15) is 8.42 Å². The molecule has 0 saturated heterocycles. The molecule has 0 aliphatic rings. The SMILES string of the molecule is CS(=O)(=O)Cn1n[c]nn1. The molecule has 6 nitrogen and oxygen atoms in total. The van der Waals surface area contributed by atoms with Gasteiger partial charge in [-0.05, 0) is 5.21 Å². The number of hydrogen-bond donors (Lipinski definition) is 0. The minimum Gasteiger partial charge on any atom is -0.227 e. The van der Waals surface area contributed by atoms with Gasteiger partial charge >= 0.3 is 0 Å². The lowest BCUT2D eigenvalue weighted by Crippen LogP contribution is -2.11. The van der Waals surface area contributed by atoms with E-state index in [4.69, 9.17) is 0 Å². The van der Waals surface area contributed by atoms with Crippen molar-refractivity contribution in [2.24, 2.45) is 0 Å². The van der Waals surface area contributed by atoms with Crippen LogP contribution in [-0.2, 0) is 15.7 Å². The summed E-state index contributed by atoms with van der Waals surface area (Å²) in [6, 6.07) is 0. The molecule has 1 aromatic heterocycles. The van der Waals surface area contributed by atoms with Gasteiger partial charge in [0.25, 0.3) is 0 Å². The van der Waals surface area contributed by atoms with E-state index < -0.39 is 9.84 Å². The average Bonchev–Trinajstić information content (AvgIpc) is 2.12. The number of sulfone groups is 1. The van der Waals surface area contributed by atoms with Gasteiger partial charge in [0, 0.05) is 6.26 Å². The van der Waals surface area contributed by atoms with Crippen LogP contribution in [0.15, 0.2) is 0 Å². The van der Waals surface area contributed by atoms with Crippen molar-refractivity contribution in [3.8, 4) is 0 Å². The number of tetrazole rings is 1. The monoisotopic (exact) mass is 161 g/mol. The zero-order chi connectivity index (χ0) is 7.61. The van der Waals surface area contributed by atoms with Crippen LogP contribution in [0.4, 0.5) is 0 Å². The first-order valence-corrected chi connectivity index (χ1v) is 4.45. The highest BCUT2D eigenvalue weighted by molar-refractivity contribution is 7.89. The van der Waals surface area contributed by atoms with Gasteiger partial charge in [0.1, 0.15) is 0 Å². The van der Waals surface area contributed by atoms with Crippen molar-refractivity contribution in [2.75, 3.05) is 6.26 Å². The maximum atomic E-state index is 10.6. The molecule has 55 valence electrons. The molecule has 1 aromatic rings. The third-order valence-electron chi connectivity index (χ3n) is 0.703. The largest absolute Gasteiger partial charge is 0.245 e. The smallest absolute Gasteiger partial charge is 0.227 e. The normalized spacial score (nSPS) is 11.7. The van der Waals surface area contributed by atoms with E-state index in [-0.39, 0.29) is 5.88 Å². The Labute approximate surface area is 57.8 Å². The first kappa shape index (κ1) is 7.13. The molecule has 0 atom stereocenters. The molecule has 0 amide bonds. The first-order chi connectivity index (χ1) is 4.58. The second kappa shape index (κ2) is 2.33. The van der Waals surface area contributed by atoms with Crippen molar-refractivity contribution >= 4 is 9.84 Å². The van der Waals surface area contributed by atoms with Gasteiger partial charge < -0.3 is 0 Å². The topological polar surface area (TPSA) is 77.7 Å². The maximum Gasteiger partial charge on any atom is 0.245 e. The lowest BCUT2D eigenvalue weighted by molar-refractivity contribution is 0.552. The maximum absolute atomic E-state index is 10.6. The fourth-order valence-corrected chi connectivity index (χ4v) is 0.957. The molecule has 1 heterocycles. The van der Waals surface area contributed by atoms with Crippen LogP contribution in [-0.4, -0.2) is 34.9 Å². The van der Waals surface area contributed by atoms with Gasteiger partial charge in [-0.3, -0.25) is 0 Å². The Morgan fingerprint density at radius 1 is 1.60 bits per heavy atom. The summed E-state index contributed by atoms with van der Waals surface area (Å²) in [6.07, 6.45) is 3.23. The lowest BCUT2D eigenvalue weighted by atomic mass is 11.4. The highest BCUT2D eigenvalue weighted by Gasteiger charge is 2.03. The molecular formula is C3H5N4O2S. The fourth-order valence-electron chi connectivity index (χ4n) is 0.428. The van der Waals surface area contributed by atoms with Gasteiger partial charge in [0.2, 0.25) is 6.33 Å². The summed E-state index contributed by atoms with van der Waals surface area (Å²) in [5, 5.41) is 9.93. The molecule has 1 rings (SSSR count). The van der Waals surface area contributed by atoms with Gasteiger partial charge in [0.05, 0.1) is 0 Å². The van der Waals surface area contributed by atoms with Gasteiger partial charge in [-0.15, -0.1) is 15.0 Å². The van der Waals surface area contributed by atoms with Crippen molar-refractivity contribution in [1.82, 2.24) is 20.2 Å². The zero-order valence-electron chi connectivity index (χ0n) is 5.22. The summed E-state index contributed by atoms with van der Waals surface area (Å²) in [7, 11) is -3.07. The molecule has 1 radical (unpaired) electrons. The van der Waals surface area contributed by atoms with E-state index in [0.717, 1.165) is 11.1 Å². The average molecular weight is 161 g/mol. The van der Waals surface area contributed by atoms with E-state index in [1.807, 2.05) is 0 Å². The number of rotatable bonds is 2. The van der Waals surface area contributed by atoms with Crippen LogP contribution in [0.5, 0.6) is 0 Å². The molecule has 0 spiro atoms. The Kier molecular flexibility index (Phi) is 1.66. The van der Waals surface area contributed by atoms with E-state index >= 15 is 0 Å². The standard InChI is InChI=1S/C3H5N4O2S/c1-10(8,9)3-7-5-2-4-6-7/h3H2,1H3. The van der Waals surface area contributed by atoms with Crippen LogP contribution in [0.3, 0.4) is 0 Å². The molecule has 7 heteroatoms. The van der Waals surface area contributed by atoms with Crippen LogP contribution < -0.4 is 0 Å². The Bertz CT molecular complexity index is 288. The van der Waals surface area contributed by atoms with Gasteiger partial charge in [-0.2, -0.15) is 0 Å². The summed E-state index contributed by atoms with van der Waals surface area (Å²) in [5.74, 6) is -0.247. The first-order valence-electron chi connectivity index (χ1n) is 2.39. The van der Waals surface area contributed by atoms with E-state index in [2.05, 4.69) is 21.7 Å². The molecule has 0 bridgehead atoms. The van der Waals surface area contributed by atoms with Crippen LogP contribution in [0.25, 0.3) is 0 Å². The number of hydrogen-bond acceptors (Lipinski definition) is 5. The number of nitrogens with zero attached hydrogens (tertiary/aromatic N) is 4. The number of aromatic nitrogens is 4. The zero-order valence-corrected chi connectivity index (χ0v) is 6.04. The van der Waals surface area contributed by atoms with Crippen LogP contribution in [0.1, 0.15) is 0 Å². The molecule has 0 unspecified atom stereocenters. The van der Waals surface area contributed by atoms with Crippen molar-refractivity contribution in [1.29, 1.82) is 0 Å². The van der Waals surface area contributed by atoms with Crippen molar-refractivity contribution in [2.45, 2.75) is 5.88 Å². The van der Waals surface area contributed by atoms with Crippen molar-refractivity contribution < 1.29 is 8.42 Å². The predicted octanol–water partition coefficient (Wildman–Crippen LogP) is -1.52. The quantitative estimate of drug-likeness (QED) is 0.526. The third kappa shape index (κ3) is 2.09. The molecule has 0 saturated carbocycles. The van der Waals surface area contributed by atoms with Crippen molar-refractivity contribution in [3.05, 3.63) is 6.33 Å². The Hall–Kier alpha value is -0.980. The highest BCUT2D eigenvalue weighted by atomic mass is 32.2. The Morgan fingerprint density at radius 2 is 2.30 bits per heavy atom. The fraction of sp³-hybridized carbons (Fsp3) is 0.667. The summed E-state index contributed by atoms with van der Waals surface area (Å²) < 4.78 is 21.1. The molecule has 0 N–H and O–H groups in total. The van der Waals surface area contributed by atoms with Crippen LogP contribution >= 0.6 is 0 Å². The van der Waals surface area contributed by atoms with Crippen molar-refractivity contribution in [3.63, 3.8) is 0 Å². The highest BCUT2D eigenvalue weighted by Crippen LogP contribution is 1.84. The molecule has 0 aliphatic heterocycles. The molecular weight excluding hydrogens is 156 g/mol. The van der Waals surface area contributed by atoms with E-state index in [1.165, 1.54) is 0 Å². The summed E-state index contributed by atoms with van der Waals surface area (Å²) in [4.78, 5) is 0.954. The summed E-state index contributed by atoms with van der Waals surface area (Å²) in [6.45, 7) is 0. The van der Waals surface area contributed by atoms with Gasteiger partial charge in [-0.25, -0.2) is 8.42 Å². The second-order valence-corrected chi connectivity index (χ2v) is 3.93. The second-order valence-electron chi connectivity index (χ2n) is 1.82. The summed E-state index contributed by atoms with van der Waals surface area (Å²) in [5.41, 5.74) is 0. The van der Waals surface area contributed by atoms with Gasteiger partial charge in [-0.1, -0.05) is 0 Å². The van der Waals surface area contributed by atoms with Gasteiger partial charge in [0.15, 0.2) is 15.7 Å². The van der Waals surface area contributed by atoms with Crippen LogP contribution in [0, 0.1) is 6.33 Å².